The smallest absolute Gasteiger partial charge is 0.109 e. The summed E-state index contributed by atoms with van der Waals surface area (Å²) in [4.78, 5) is 18.1. The lowest BCUT2D eigenvalue weighted by atomic mass is 9.91. The fourth-order valence-electron chi connectivity index (χ4n) is 5.64. The normalized spacial score (nSPS) is 13.3. The van der Waals surface area contributed by atoms with Crippen LogP contribution in [0.1, 0.15) is 45.0 Å². The Hall–Kier alpha value is -4.31. The predicted octanol–water partition coefficient (Wildman–Crippen LogP) is 9.01. The maximum absolute atomic E-state index is 5.08. The van der Waals surface area contributed by atoms with E-state index in [4.69, 9.17) is 9.98 Å². The number of hydrogen-bond acceptors (Lipinski definition) is 3. The summed E-state index contributed by atoms with van der Waals surface area (Å²) in [5.41, 5.74) is 9.05. The number of aliphatic imine (C=N–C) groups is 1. The van der Waals surface area contributed by atoms with Gasteiger partial charge in [0.2, 0.25) is 0 Å². The van der Waals surface area contributed by atoms with Crippen LogP contribution in [-0.4, -0.2) is 20.7 Å². The Morgan fingerprint density at radius 1 is 0.737 bits per heavy atom. The summed E-state index contributed by atoms with van der Waals surface area (Å²) in [5, 5.41) is 6.18. The van der Waals surface area contributed by atoms with Gasteiger partial charge in [0.15, 0.2) is 0 Å². The Morgan fingerprint density at radius 3 is 2.34 bits per heavy atom. The van der Waals surface area contributed by atoms with Crippen molar-refractivity contribution in [3.8, 4) is 22.5 Å². The SMILES string of the molecule is CC(C)C1=Nc2c(c3ccc(-c4ccc5cc(-c6cnc(C(C)C)[nH]6)ccc5n4)cc3c3ccccc23)C1. The molecule has 4 nitrogen and oxygen atoms in total. The molecule has 7 rings (SSSR count). The van der Waals surface area contributed by atoms with Gasteiger partial charge >= 0.3 is 0 Å². The highest BCUT2D eigenvalue weighted by Gasteiger charge is 2.23. The van der Waals surface area contributed by atoms with E-state index in [0.29, 0.717) is 11.8 Å². The van der Waals surface area contributed by atoms with Crippen molar-refractivity contribution in [3.05, 3.63) is 90.4 Å². The second kappa shape index (κ2) is 8.63. The van der Waals surface area contributed by atoms with E-state index in [0.717, 1.165) is 51.4 Å². The molecule has 4 heteroatoms. The zero-order valence-corrected chi connectivity index (χ0v) is 22.2. The van der Waals surface area contributed by atoms with Crippen LogP contribution in [0.15, 0.2) is 84.0 Å². The molecule has 1 aliphatic heterocycles. The van der Waals surface area contributed by atoms with Gasteiger partial charge in [0.1, 0.15) is 5.82 Å². The highest BCUT2D eigenvalue weighted by atomic mass is 14.9. The monoisotopic (exact) mass is 494 g/mol. The van der Waals surface area contributed by atoms with Gasteiger partial charge in [-0.1, -0.05) is 76.2 Å². The average Bonchev–Trinajstić information content (AvgIpc) is 3.61. The lowest BCUT2D eigenvalue weighted by Gasteiger charge is -2.12. The minimum Gasteiger partial charge on any atom is -0.342 e. The summed E-state index contributed by atoms with van der Waals surface area (Å²) >= 11 is 0. The van der Waals surface area contributed by atoms with Gasteiger partial charge in [0, 0.05) is 39.9 Å². The third kappa shape index (κ3) is 3.63. The highest BCUT2D eigenvalue weighted by molar-refractivity contribution is 6.18. The highest BCUT2D eigenvalue weighted by Crippen LogP contribution is 2.43. The third-order valence-corrected chi connectivity index (χ3v) is 7.82. The Morgan fingerprint density at radius 2 is 1.55 bits per heavy atom. The predicted molar refractivity (Wildman–Crippen MR) is 159 cm³/mol. The van der Waals surface area contributed by atoms with Crippen LogP contribution in [0.4, 0.5) is 5.69 Å². The van der Waals surface area contributed by atoms with Crippen molar-refractivity contribution in [2.75, 3.05) is 0 Å². The molecule has 38 heavy (non-hydrogen) atoms. The Balaban J connectivity index is 1.32. The van der Waals surface area contributed by atoms with Crippen molar-refractivity contribution >= 4 is 43.8 Å². The Labute approximate surface area is 222 Å². The number of pyridine rings is 1. The first kappa shape index (κ1) is 22.9. The summed E-state index contributed by atoms with van der Waals surface area (Å²) in [5.74, 6) is 1.83. The number of aromatic amines is 1. The van der Waals surface area contributed by atoms with Crippen LogP contribution in [0.25, 0.3) is 55.0 Å². The number of aromatic nitrogens is 3. The summed E-state index contributed by atoms with van der Waals surface area (Å²) in [6.07, 6.45) is 2.85. The Kier molecular flexibility index (Phi) is 5.19. The summed E-state index contributed by atoms with van der Waals surface area (Å²) in [6.45, 7) is 8.76. The zero-order valence-electron chi connectivity index (χ0n) is 22.2. The maximum Gasteiger partial charge on any atom is 0.109 e. The first-order valence-electron chi connectivity index (χ1n) is 13.5. The molecule has 0 spiro atoms. The molecule has 0 saturated carbocycles. The van der Waals surface area contributed by atoms with E-state index in [2.05, 4.69) is 110 Å². The van der Waals surface area contributed by atoms with Gasteiger partial charge in [0.05, 0.1) is 28.8 Å². The molecule has 0 unspecified atom stereocenters. The van der Waals surface area contributed by atoms with Crippen LogP contribution >= 0.6 is 0 Å². The van der Waals surface area contributed by atoms with E-state index in [1.807, 2.05) is 6.20 Å². The van der Waals surface area contributed by atoms with E-state index in [1.165, 1.54) is 32.8 Å². The van der Waals surface area contributed by atoms with Crippen molar-refractivity contribution in [1.29, 1.82) is 0 Å². The first-order valence-corrected chi connectivity index (χ1v) is 13.5. The molecule has 0 bridgehead atoms. The summed E-state index contributed by atoms with van der Waals surface area (Å²) in [7, 11) is 0. The molecular formula is C34H30N4. The molecule has 0 fully saturated rings. The second-order valence-corrected chi connectivity index (χ2v) is 11.0. The van der Waals surface area contributed by atoms with Crippen LogP contribution in [0.5, 0.6) is 0 Å². The summed E-state index contributed by atoms with van der Waals surface area (Å²) in [6, 6.07) is 26.2. The molecule has 1 aliphatic rings. The van der Waals surface area contributed by atoms with Gasteiger partial charge in [-0.25, -0.2) is 9.97 Å². The van der Waals surface area contributed by atoms with E-state index < -0.39 is 0 Å². The molecule has 3 heterocycles. The number of benzene rings is 4. The fraction of sp³-hybridized carbons (Fsp3) is 0.206. The number of fused-ring (bicyclic) bond motifs is 7. The van der Waals surface area contributed by atoms with Crippen molar-refractivity contribution in [3.63, 3.8) is 0 Å². The standard InChI is InChI=1S/C34H30N4/c1-19(2)31-17-28-25-12-9-23(16-27(25)24-7-5-6-8-26(24)33(28)37-31)30-13-10-21-15-22(11-14-29(21)36-30)32-18-35-34(38-32)20(3)4/h5-16,18-20H,17H2,1-4H3,(H,35,38). The van der Waals surface area contributed by atoms with Crippen LogP contribution in [0.2, 0.25) is 0 Å². The van der Waals surface area contributed by atoms with Gasteiger partial charge in [-0.05, 0) is 51.9 Å². The molecule has 0 saturated heterocycles. The summed E-state index contributed by atoms with van der Waals surface area (Å²) < 4.78 is 0. The zero-order chi connectivity index (χ0) is 26.0. The van der Waals surface area contributed by atoms with Gasteiger partial charge < -0.3 is 4.98 Å². The van der Waals surface area contributed by atoms with Gasteiger partial charge in [-0.2, -0.15) is 0 Å². The van der Waals surface area contributed by atoms with Crippen molar-refractivity contribution in [2.24, 2.45) is 10.9 Å². The molecule has 1 N–H and O–H groups in total. The van der Waals surface area contributed by atoms with E-state index in [9.17, 15) is 0 Å². The van der Waals surface area contributed by atoms with Crippen molar-refractivity contribution < 1.29 is 0 Å². The molecule has 0 amide bonds. The fourth-order valence-corrected chi connectivity index (χ4v) is 5.64. The van der Waals surface area contributed by atoms with E-state index >= 15 is 0 Å². The molecule has 2 aromatic heterocycles. The lowest BCUT2D eigenvalue weighted by Crippen LogP contribution is -2.06. The molecule has 6 aromatic rings. The number of nitrogens with zero attached hydrogens (tertiary/aromatic N) is 3. The van der Waals surface area contributed by atoms with Gasteiger partial charge in [-0.15, -0.1) is 0 Å². The van der Waals surface area contributed by atoms with Gasteiger partial charge in [0.25, 0.3) is 0 Å². The molecule has 186 valence electrons. The Bertz CT molecular complexity index is 1910. The second-order valence-electron chi connectivity index (χ2n) is 11.0. The third-order valence-electron chi connectivity index (χ3n) is 7.82. The van der Waals surface area contributed by atoms with Crippen LogP contribution in [-0.2, 0) is 6.42 Å². The number of H-pyrrole nitrogens is 1. The molecular weight excluding hydrogens is 464 g/mol. The molecule has 0 aliphatic carbocycles. The minimum atomic E-state index is 0.373. The maximum atomic E-state index is 5.08. The van der Waals surface area contributed by atoms with E-state index in [1.54, 1.807) is 0 Å². The lowest BCUT2D eigenvalue weighted by molar-refractivity contribution is 0.795. The largest absolute Gasteiger partial charge is 0.342 e. The number of rotatable bonds is 4. The van der Waals surface area contributed by atoms with Crippen molar-refractivity contribution in [1.82, 2.24) is 15.0 Å². The quantitative estimate of drug-likeness (QED) is 0.249. The minimum absolute atomic E-state index is 0.373. The topological polar surface area (TPSA) is 53.9 Å². The van der Waals surface area contributed by atoms with Gasteiger partial charge in [-0.3, -0.25) is 4.99 Å². The molecule has 0 atom stereocenters. The number of imidazole rings is 1. The number of nitrogens with one attached hydrogen (secondary N) is 1. The number of hydrogen-bond donors (Lipinski definition) is 1. The van der Waals surface area contributed by atoms with Crippen LogP contribution in [0, 0.1) is 5.92 Å². The average molecular weight is 495 g/mol. The molecule has 0 radical (unpaired) electrons. The first-order chi connectivity index (χ1) is 18.5. The molecule has 4 aromatic carbocycles. The van der Waals surface area contributed by atoms with Crippen molar-refractivity contribution in [2.45, 2.75) is 40.0 Å². The van der Waals surface area contributed by atoms with E-state index in [-0.39, 0.29) is 0 Å². The van der Waals surface area contributed by atoms with Crippen LogP contribution in [0.3, 0.4) is 0 Å². The van der Waals surface area contributed by atoms with Crippen LogP contribution < -0.4 is 0 Å².